The molecular weight excluding hydrogens is 233 g/mol. The van der Waals surface area contributed by atoms with E-state index in [0.29, 0.717) is 5.16 Å². The minimum atomic E-state index is -0.535. The molecule has 0 aliphatic heterocycles. The van der Waals surface area contributed by atoms with Crippen molar-refractivity contribution in [1.29, 1.82) is 0 Å². The number of hydrazine groups is 1. The van der Waals surface area contributed by atoms with Crippen LogP contribution in [0.4, 0.5) is 10.3 Å². The smallest absolute Gasteiger partial charge is 0.238 e. The number of nitrogens with two attached hydrogens (primary N) is 1. The SMILES string of the molecule is Cn1ncnc1Sc1nc(NN)ncc1F. The molecule has 0 aliphatic rings. The predicted octanol–water partition coefficient (Wildman–Crippen LogP) is 0.181. The molecule has 9 heteroatoms. The first-order valence-electron chi connectivity index (χ1n) is 4.21. The Bertz CT molecular complexity index is 499. The van der Waals surface area contributed by atoms with Gasteiger partial charge in [-0.05, 0) is 11.8 Å². The van der Waals surface area contributed by atoms with Crippen LogP contribution in [-0.4, -0.2) is 24.7 Å². The Balaban J connectivity index is 2.30. The first-order chi connectivity index (χ1) is 7.70. The molecule has 0 atom stereocenters. The van der Waals surface area contributed by atoms with E-state index in [2.05, 4.69) is 25.5 Å². The van der Waals surface area contributed by atoms with E-state index in [0.717, 1.165) is 18.0 Å². The lowest BCUT2D eigenvalue weighted by molar-refractivity contribution is 0.578. The third kappa shape index (κ3) is 2.09. The molecule has 7 nitrogen and oxygen atoms in total. The highest BCUT2D eigenvalue weighted by Crippen LogP contribution is 2.25. The van der Waals surface area contributed by atoms with Crippen LogP contribution in [0.15, 0.2) is 22.7 Å². The fraction of sp³-hybridized carbons (Fsp3) is 0.143. The van der Waals surface area contributed by atoms with E-state index >= 15 is 0 Å². The molecule has 0 radical (unpaired) electrons. The molecule has 0 aliphatic carbocycles. The van der Waals surface area contributed by atoms with E-state index < -0.39 is 5.82 Å². The summed E-state index contributed by atoms with van der Waals surface area (Å²) in [6.45, 7) is 0. The summed E-state index contributed by atoms with van der Waals surface area (Å²) in [5.74, 6) is 4.74. The molecule has 0 bridgehead atoms. The molecule has 84 valence electrons. The van der Waals surface area contributed by atoms with Gasteiger partial charge in [0.05, 0.1) is 6.20 Å². The first kappa shape index (κ1) is 10.8. The van der Waals surface area contributed by atoms with Gasteiger partial charge in [-0.15, -0.1) is 0 Å². The number of hydrogen-bond donors (Lipinski definition) is 2. The van der Waals surface area contributed by atoms with E-state index in [1.165, 1.54) is 11.0 Å². The highest BCUT2D eigenvalue weighted by atomic mass is 32.2. The monoisotopic (exact) mass is 241 g/mol. The van der Waals surface area contributed by atoms with Crippen molar-refractivity contribution in [1.82, 2.24) is 24.7 Å². The van der Waals surface area contributed by atoms with Crippen molar-refractivity contribution in [3.05, 3.63) is 18.3 Å². The summed E-state index contributed by atoms with van der Waals surface area (Å²) >= 11 is 1.04. The summed E-state index contributed by atoms with van der Waals surface area (Å²) in [5.41, 5.74) is 2.24. The summed E-state index contributed by atoms with van der Waals surface area (Å²) in [7, 11) is 1.70. The molecule has 0 saturated heterocycles. The molecular formula is C7H8FN7S. The lowest BCUT2D eigenvalue weighted by Gasteiger charge is -2.03. The van der Waals surface area contributed by atoms with Gasteiger partial charge < -0.3 is 0 Å². The second kappa shape index (κ2) is 4.41. The molecule has 2 rings (SSSR count). The molecule has 0 fully saturated rings. The molecule has 2 aromatic heterocycles. The Morgan fingerprint density at radius 1 is 1.50 bits per heavy atom. The van der Waals surface area contributed by atoms with E-state index in [1.54, 1.807) is 7.05 Å². The molecule has 2 aromatic rings. The van der Waals surface area contributed by atoms with Crippen LogP contribution in [0.3, 0.4) is 0 Å². The average Bonchev–Trinajstić information content (AvgIpc) is 2.68. The van der Waals surface area contributed by atoms with Crippen LogP contribution < -0.4 is 11.3 Å². The van der Waals surface area contributed by atoms with Gasteiger partial charge in [-0.2, -0.15) is 5.10 Å². The number of aromatic nitrogens is 5. The normalized spacial score (nSPS) is 10.4. The zero-order valence-corrected chi connectivity index (χ0v) is 9.07. The highest BCUT2D eigenvalue weighted by molar-refractivity contribution is 7.99. The fourth-order valence-electron chi connectivity index (χ4n) is 0.957. The maximum absolute atomic E-state index is 13.4. The Morgan fingerprint density at radius 2 is 2.31 bits per heavy atom. The minimum absolute atomic E-state index is 0.138. The van der Waals surface area contributed by atoms with Gasteiger partial charge in [0.25, 0.3) is 0 Å². The Morgan fingerprint density at radius 3 is 2.94 bits per heavy atom. The zero-order valence-electron chi connectivity index (χ0n) is 8.25. The lowest BCUT2D eigenvalue weighted by atomic mass is 10.6. The first-order valence-corrected chi connectivity index (χ1v) is 5.03. The number of halogens is 1. The van der Waals surface area contributed by atoms with Crippen molar-refractivity contribution >= 4 is 17.7 Å². The fourth-order valence-corrected chi connectivity index (χ4v) is 1.69. The third-order valence-corrected chi connectivity index (χ3v) is 2.73. The Kier molecular flexibility index (Phi) is 2.97. The number of aryl methyl sites for hydroxylation is 1. The van der Waals surface area contributed by atoms with Crippen LogP contribution in [0.25, 0.3) is 0 Å². The molecule has 3 N–H and O–H groups in total. The quantitative estimate of drug-likeness (QED) is 0.449. The van der Waals surface area contributed by atoms with Crippen LogP contribution >= 0.6 is 11.8 Å². The van der Waals surface area contributed by atoms with Crippen LogP contribution in [0.5, 0.6) is 0 Å². The summed E-state index contributed by atoms with van der Waals surface area (Å²) < 4.78 is 14.9. The molecule has 0 spiro atoms. The van der Waals surface area contributed by atoms with Crippen LogP contribution in [-0.2, 0) is 7.05 Å². The molecule has 0 amide bonds. The number of anilines is 1. The summed E-state index contributed by atoms with van der Waals surface area (Å²) in [4.78, 5) is 11.4. The van der Waals surface area contributed by atoms with Crippen molar-refractivity contribution in [3.63, 3.8) is 0 Å². The molecule has 0 aromatic carbocycles. The average molecular weight is 241 g/mol. The summed E-state index contributed by atoms with van der Waals surface area (Å²) in [5, 5.41) is 4.53. The van der Waals surface area contributed by atoms with Crippen molar-refractivity contribution in [3.8, 4) is 0 Å². The Hall–Kier alpha value is -1.74. The van der Waals surface area contributed by atoms with Gasteiger partial charge in [-0.25, -0.2) is 29.9 Å². The van der Waals surface area contributed by atoms with E-state index in [1.807, 2.05) is 0 Å². The van der Waals surface area contributed by atoms with Gasteiger partial charge in [-0.1, -0.05) is 0 Å². The second-order valence-corrected chi connectivity index (χ2v) is 3.72. The molecule has 0 unspecified atom stereocenters. The minimum Gasteiger partial charge on any atom is -0.292 e. The van der Waals surface area contributed by atoms with Gasteiger partial charge in [0.15, 0.2) is 11.0 Å². The lowest BCUT2D eigenvalue weighted by Crippen LogP contribution is -2.11. The van der Waals surface area contributed by atoms with Crippen LogP contribution in [0, 0.1) is 5.82 Å². The largest absolute Gasteiger partial charge is 0.292 e. The topological polar surface area (TPSA) is 94.5 Å². The molecule has 0 saturated carbocycles. The number of nitrogens with zero attached hydrogens (tertiary/aromatic N) is 5. The van der Waals surface area contributed by atoms with Crippen molar-refractivity contribution in [2.24, 2.45) is 12.9 Å². The highest BCUT2D eigenvalue weighted by Gasteiger charge is 2.11. The van der Waals surface area contributed by atoms with Crippen LogP contribution in [0.2, 0.25) is 0 Å². The predicted molar refractivity (Wildman–Crippen MR) is 54.9 cm³/mol. The van der Waals surface area contributed by atoms with Crippen LogP contribution in [0.1, 0.15) is 0 Å². The number of hydrogen-bond acceptors (Lipinski definition) is 7. The van der Waals surface area contributed by atoms with Crippen molar-refractivity contribution < 1.29 is 4.39 Å². The standard InChI is InChI=1S/C7H8FN7S/c1-15-7(11-3-12-15)16-5-4(8)2-10-6(13-5)14-9/h2-3H,9H2,1H3,(H,10,13,14). The van der Waals surface area contributed by atoms with E-state index in [-0.39, 0.29) is 11.0 Å². The van der Waals surface area contributed by atoms with E-state index in [4.69, 9.17) is 5.84 Å². The summed E-state index contributed by atoms with van der Waals surface area (Å²) in [6.07, 6.45) is 2.42. The van der Waals surface area contributed by atoms with Gasteiger partial charge in [-0.3, -0.25) is 5.43 Å². The van der Waals surface area contributed by atoms with Gasteiger partial charge in [0.2, 0.25) is 5.95 Å². The van der Waals surface area contributed by atoms with Gasteiger partial charge in [0, 0.05) is 7.05 Å². The van der Waals surface area contributed by atoms with Gasteiger partial charge in [0.1, 0.15) is 11.4 Å². The number of rotatable bonds is 3. The summed E-state index contributed by atoms with van der Waals surface area (Å²) in [6, 6.07) is 0. The van der Waals surface area contributed by atoms with Crippen molar-refractivity contribution in [2.45, 2.75) is 10.2 Å². The second-order valence-electron chi connectivity index (χ2n) is 2.76. The zero-order chi connectivity index (χ0) is 11.5. The maximum Gasteiger partial charge on any atom is 0.238 e. The maximum atomic E-state index is 13.4. The number of nitrogen functional groups attached to an aromatic ring is 1. The third-order valence-electron chi connectivity index (χ3n) is 1.70. The van der Waals surface area contributed by atoms with Crippen molar-refractivity contribution in [2.75, 3.05) is 5.43 Å². The van der Waals surface area contributed by atoms with Gasteiger partial charge >= 0.3 is 0 Å². The molecule has 2 heterocycles. The Labute approximate surface area is 94.3 Å². The molecule has 16 heavy (non-hydrogen) atoms. The number of nitrogens with one attached hydrogen (secondary N) is 1. The van der Waals surface area contributed by atoms with E-state index in [9.17, 15) is 4.39 Å².